The number of halogens is 1. The van der Waals surface area contributed by atoms with Crippen LogP contribution in [0.3, 0.4) is 0 Å². The van der Waals surface area contributed by atoms with Crippen molar-refractivity contribution in [1.82, 2.24) is 0 Å². The first-order valence-electron chi connectivity index (χ1n) is 5.99. The van der Waals surface area contributed by atoms with E-state index in [-0.39, 0.29) is 0 Å². The van der Waals surface area contributed by atoms with Crippen molar-refractivity contribution in [3.8, 4) is 23.0 Å². The van der Waals surface area contributed by atoms with Gasteiger partial charge in [0.15, 0.2) is 11.5 Å². The van der Waals surface area contributed by atoms with Crippen molar-refractivity contribution < 1.29 is 9.47 Å². The monoisotopic (exact) mass is 312 g/mol. The van der Waals surface area contributed by atoms with Crippen LogP contribution in [0.15, 0.2) is 59.1 Å². The first kappa shape index (κ1) is 10.9. The minimum atomic E-state index is 0.738. The minimum absolute atomic E-state index is 0.738. The van der Waals surface area contributed by atoms with Gasteiger partial charge in [0.1, 0.15) is 11.5 Å². The Morgan fingerprint density at radius 1 is 0.632 bits per heavy atom. The number of para-hydroxylation sites is 2. The van der Waals surface area contributed by atoms with Crippen LogP contribution in [0.1, 0.15) is 0 Å². The third-order valence-corrected chi connectivity index (χ3v) is 3.89. The van der Waals surface area contributed by atoms with E-state index in [4.69, 9.17) is 9.47 Å². The van der Waals surface area contributed by atoms with Gasteiger partial charge < -0.3 is 9.47 Å². The minimum Gasteiger partial charge on any atom is -0.453 e. The van der Waals surface area contributed by atoms with Crippen LogP contribution in [-0.2, 0) is 0 Å². The molecule has 2 nitrogen and oxygen atoms in total. The fourth-order valence-corrected chi connectivity index (χ4v) is 2.79. The zero-order valence-electron chi connectivity index (χ0n) is 9.89. The number of ether oxygens (including phenoxy) is 2. The van der Waals surface area contributed by atoms with E-state index in [9.17, 15) is 0 Å². The predicted octanol–water partition coefficient (Wildman–Crippen LogP) is 5.50. The summed E-state index contributed by atoms with van der Waals surface area (Å²) in [6.45, 7) is 0. The highest BCUT2D eigenvalue weighted by Crippen LogP contribution is 2.46. The van der Waals surface area contributed by atoms with Gasteiger partial charge in [0, 0.05) is 9.86 Å². The lowest BCUT2D eigenvalue weighted by Gasteiger charge is -2.08. The number of fused-ring (bicyclic) bond motifs is 1. The van der Waals surface area contributed by atoms with Gasteiger partial charge in [0.05, 0.1) is 5.39 Å². The molecule has 0 aromatic heterocycles. The molecule has 1 heterocycles. The largest absolute Gasteiger partial charge is 0.453 e. The zero-order chi connectivity index (χ0) is 12.8. The Balaban J connectivity index is 2.09. The number of benzene rings is 3. The molecule has 4 rings (SSSR count). The van der Waals surface area contributed by atoms with E-state index in [1.807, 2.05) is 48.5 Å². The number of hydrogen-bond acceptors (Lipinski definition) is 2. The molecule has 0 fully saturated rings. The second-order valence-electron chi connectivity index (χ2n) is 4.38. The summed E-state index contributed by atoms with van der Waals surface area (Å²) < 4.78 is 13.0. The summed E-state index contributed by atoms with van der Waals surface area (Å²) in [4.78, 5) is 0. The summed E-state index contributed by atoms with van der Waals surface area (Å²) in [6, 6.07) is 17.7. The summed E-state index contributed by atoms with van der Waals surface area (Å²) in [5.41, 5.74) is 0. The molecule has 0 unspecified atom stereocenters. The molecule has 0 radical (unpaired) electrons. The molecule has 1 aliphatic rings. The first-order valence-corrected chi connectivity index (χ1v) is 6.78. The molecule has 0 saturated heterocycles. The Hall–Kier alpha value is -2.00. The molecule has 3 heteroatoms. The summed E-state index contributed by atoms with van der Waals surface area (Å²) in [5, 5.41) is 2.08. The smallest absolute Gasteiger partial charge is 0.169 e. The lowest BCUT2D eigenvalue weighted by molar-refractivity contribution is 0.439. The van der Waals surface area contributed by atoms with Gasteiger partial charge in [-0.3, -0.25) is 0 Å². The first-order chi connectivity index (χ1) is 9.33. The fraction of sp³-hybridized carbons (Fsp3) is 0. The molecule has 0 atom stereocenters. The van der Waals surface area contributed by atoms with Crippen LogP contribution in [0.2, 0.25) is 0 Å². The van der Waals surface area contributed by atoms with Crippen LogP contribution < -0.4 is 9.47 Å². The summed E-state index contributed by atoms with van der Waals surface area (Å²) in [6.07, 6.45) is 0. The van der Waals surface area contributed by atoms with E-state index in [0.29, 0.717) is 0 Å². The zero-order valence-corrected chi connectivity index (χ0v) is 11.5. The van der Waals surface area contributed by atoms with E-state index < -0.39 is 0 Å². The van der Waals surface area contributed by atoms with Crippen LogP contribution in [0.5, 0.6) is 23.0 Å². The molecule has 0 bridgehead atoms. The lowest BCUT2D eigenvalue weighted by Crippen LogP contribution is -1.84. The van der Waals surface area contributed by atoms with Crippen LogP contribution in [-0.4, -0.2) is 0 Å². The molecule has 92 valence electrons. The molecule has 0 aliphatic carbocycles. The highest BCUT2D eigenvalue weighted by atomic mass is 79.9. The van der Waals surface area contributed by atoms with Gasteiger partial charge in [-0.15, -0.1) is 0 Å². The van der Waals surface area contributed by atoms with Gasteiger partial charge in [-0.2, -0.15) is 0 Å². The van der Waals surface area contributed by atoms with Crippen molar-refractivity contribution in [2.45, 2.75) is 0 Å². The second kappa shape index (κ2) is 4.00. The average molecular weight is 313 g/mol. The average Bonchev–Trinajstić information content (AvgIpc) is 2.60. The van der Waals surface area contributed by atoms with Crippen molar-refractivity contribution in [2.75, 3.05) is 0 Å². The molecule has 3 aromatic rings. The van der Waals surface area contributed by atoms with Crippen LogP contribution >= 0.6 is 15.9 Å². The van der Waals surface area contributed by atoms with Crippen LogP contribution in [0.4, 0.5) is 0 Å². The van der Waals surface area contributed by atoms with E-state index in [0.717, 1.165) is 38.2 Å². The topological polar surface area (TPSA) is 18.5 Å². The highest BCUT2D eigenvalue weighted by Gasteiger charge is 2.18. The molecular weight excluding hydrogens is 304 g/mol. The molecule has 19 heavy (non-hydrogen) atoms. The van der Waals surface area contributed by atoms with E-state index in [1.165, 1.54) is 0 Å². The highest BCUT2D eigenvalue weighted by molar-refractivity contribution is 9.10. The van der Waals surface area contributed by atoms with E-state index in [1.54, 1.807) is 0 Å². The molecular formula is C16H9BrO2. The van der Waals surface area contributed by atoms with Gasteiger partial charge >= 0.3 is 0 Å². The molecule has 0 N–H and O–H groups in total. The molecule has 1 aliphatic heterocycles. The Labute approximate surface area is 118 Å². The van der Waals surface area contributed by atoms with Crippen molar-refractivity contribution in [1.29, 1.82) is 0 Å². The Bertz CT molecular complexity index is 765. The second-order valence-corrected chi connectivity index (χ2v) is 5.23. The third-order valence-electron chi connectivity index (χ3n) is 3.20. The Kier molecular flexibility index (Phi) is 2.29. The quantitative estimate of drug-likeness (QED) is 0.427. The summed E-state index contributed by atoms with van der Waals surface area (Å²) in [5.74, 6) is 3.11. The lowest BCUT2D eigenvalue weighted by atomic mass is 10.1. The number of hydrogen-bond donors (Lipinski definition) is 0. The Morgan fingerprint density at radius 3 is 2.00 bits per heavy atom. The predicted molar refractivity (Wildman–Crippen MR) is 78.2 cm³/mol. The molecule has 3 aromatic carbocycles. The van der Waals surface area contributed by atoms with Crippen molar-refractivity contribution >= 4 is 26.7 Å². The molecule has 0 saturated carbocycles. The van der Waals surface area contributed by atoms with Crippen LogP contribution in [0, 0.1) is 0 Å². The maximum atomic E-state index is 5.98. The molecule has 0 amide bonds. The van der Waals surface area contributed by atoms with E-state index in [2.05, 4.69) is 22.0 Å². The van der Waals surface area contributed by atoms with Gasteiger partial charge in [-0.1, -0.05) is 40.2 Å². The SMILES string of the molecule is Brc1ccc2c3c(cccc13)Oc1ccccc1O2. The van der Waals surface area contributed by atoms with E-state index >= 15 is 0 Å². The van der Waals surface area contributed by atoms with Crippen LogP contribution in [0.25, 0.3) is 10.8 Å². The Morgan fingerprint density at radius 2 is 1.26 bits per heavy atom. The van der Waals surface area contributed by atoms with Gasteiger partial charge in [-0.25, -0.2) is 0 Å². The summed E-state index contributed by atoms with van der Waals surface area (Å²) >= 11 is 3.57. The number of rotatable bonds is 0. The van der Waals surface area contributed by atoms with Crippen molar-refractivity contribution in [3.05, 3.63) is 59.1 Å². The van der Waals surface area contributed by atoms with Gasteiger partial charge in [0.25, 0.3) is 0 Å². The summed E-state index contributed by atoms with van der Waals surface area (Å²) in [7, 11) is 0. The van der Waals surface area contributed by atoms with Crippen molar-refractivity contribution in [3.63, 3.8) is 0 Å². The van der Waals surface area contributed by atoms with Gasteiger partial charge in [-0.05, 0) is 30.3 Å². The third kappa shape index (κ3) is 1.62. The maximum absolute atomic E-state index is 5.98. The van der Waals surface area contributed by atoms with Gasteiger partial charge in [0.2, 0.25) is 0 Å². The van der Waals surface area contributed by atoms with Crippen molar-refractivity contribution in [2.24, 2.45) is 0 Å². The fourth-order valence-electron chi connectivity index (χ4n) is 2.33. The standard InChI is InChI=1S/C16H9BrO2/c17-11-8-9-15-16-10(11)4-3-7-14(16)18-12-5-1-2-6-13(12)19-15/h1-9H. The molecule has 0 spiro atoms. The normalized spacial score (nSPS) is 12.3. The maximum Gasteiger partial charge on any atom is 0.169 e.